The van der Waals surface area contributed by atoms with Gasteiger partial charge in [0.25, 0.3) is 0 Å². The van der Waals surface area contributed by atoms with Crippen LogP contribution in [0.25, 0.3) is 11.0 Å². The van der Waals surface area contributed by atoms with Crippen molar-refractivity contribution in [2.75, 3.05) is 17.2 Å². The van der Waals surface area contributed by atoms with E-state index in [1.807, 2.05) is 28.8 Å². The quantitative estimate of drug-likeness (QED) is 0.724. The Bertz CT molecular complexity index is 921. The number of carbonyl (C=O) groups excluding carboxylic acids is 1. The molecule has 0 aliphatic heterocycles. The van der Waals surface area contributed by atoms with Crippen LogP contribution in [0, 0.1) is 11.3 Å². The number of carbonyl (C=O) groups is 1. The fourth-order valence-corrected chi connectivity index (χ4v) is 2.63. The third-order valence-corrected chi connectivity index (χ3v) is 3.82. The van der Waals surface area contributed by atoms with Gasteiger partial charge in [-0.3, -0.25) is 10.1 Å². The van der Waals surface area contributed by atoms with Crippen LogP contribution in [0.15, 0.2) is 48.5 Å². The van der Waals surface area contributed by atoms with Gasteiger partial charge in [-0.1, -0.05) is 19.1 Å². The van der Waals surface area contributed by atoms with Gasteiger partial charge in [0, 0.05) is 12.2 Å². The summed E-state index contributed by atoms with van der Waals surface area (Å²) >= 11 is 0. The minimum Gasteiger partial charge on any atom is -0.376 e. The van der Waals surface area contributed by atoms with Crippen LogP contribution < -0.4 is 10.6 Å². The van der Waals surface area contributed by atoms with E-state index >= 15 is 0 Å². The van der Waals surface area contributed by atoms with Crippen LogP contribution in [0.5, 0.6) is 0 Å². The van der Waals surface area contributed by atoms with Gasteiger partial charge in [0.2, 0.25) is 11.9 Å². The highest BCUT2D eigenvalue weighted by molar-refractivity contribution is 5.94. The lowest BCUT2D eigenvalue weighted by Crippen LogP contribution is -2.23. The first-order valence-corrected chi connectivity index (χ1v) is 8.20. The number of nitriles is 1. The maximum Gasteiger partial charge on any atom is 0.245 e. The van der Waals surface area contributed by atoms with Gasteiger partial charge in [0.05, 0.1) is 29.2 Å². The summed E-state index contributed by atoms with van der Waals surface area (Å²) in [4.78, 5) is 16.8. The van der Waals surface area contributed by atoms with Crippen molar-refractivity contribution in [2.24, 2.45) is 0 Å². The highest BCUT2D eigenvalue weighted by atomic mass is 16.2. The van der Waals surface area contributed by atoms with E-state index in [0.717, 1.165) is 29.7 Å². The molecule has 3 aromatic rings. The number of nitrogens with one attached hydrogen (secondary N) is 2. The molecule has 0 fully saturated rings. The van der Waals surface area contributed by atoms with Crippen LogP contribution in [-0.4, -0.2) is 22.0 Å². The molecule has 0 aliphatic rings. The Kier molecular flexibility index (Phi) is 4.95. The van der Waals surface area contributed by atoms with E-state index in [1.54, 1.807) is 24.3 Å². The zero-order valence-electron chi connectivity index (χ0n) is 14.0. The van der Waals surface area contributed by atoms with Gasteiger partial charge >= 0.3 is 0 Å². The molecule has 0 atom stereocenters. The van der Waals surface area contributed by atoms with Gasteiger partial charge in [0.1, 0.15) is 0 Å². The molecule has 6 heteroatoms. The number of anilines is 2. The molecule has 6 nitrogen and oxygen atoms in total. The average Bonchev–Trinajstić information content (AvgIpc) is 2.98. The highest BCUT2D eigenvalue weighted by Crippen LogP contribution is 2.20. The van der Waals surface area contributed by atoms with Crippen molar-refractivity contribution < 1.29 is 4.79 Å². The van der Waals surface area contributed by atoms with Crippen LogP contribution in [-0.2, 0) is 11.3 Å². The monoisotopic (exact) mass is 333 g/mol. The molecular weight excluding hydrogens is 314 g/mol. The first-order chi connectivity index (χ1) is 12.2. The number of para-hydroxylation sites is 2. The fourth-order valence-electron chi connectivity index (χ4n) is 2.63. The van der Waals surface area contributed by atoms with Crippen LogP contribution in [0.2, 0.25) is 0 Å². The number of hydrogen-bond donors (Lipinski definition) is 2. The molecule has 1 heterocycles. The first-order valence-electron chi connectivity index (χ1n) is 8.20. The molecule has 1 aromatic heterocycles. The predicted molar refractivity (Wildman–Crippen MR) is 98.3 cm³/mol. The highest BCUT2D eigenvalue weighted by Gasteiger charge is 2.12. The molecule has 0 saturated carbocycles. The molecule has 2 aromatic carbocycles. The number of fused-ring (bicyclic) bond motifs is 1. The summed E-state index contributed by atoms with van der Waals surface area (Å²) in [5, 5.41) is 14.7. The lowest BCUT2D eigenvalue weighted by molar-refractivity contribution is -0.114. The summed E-state index contributed by atoms with van der Waals surface area (Å²) in [7, 11) is 0. The third-order valence-electron chi connectivity index (χ3n) is 3.82. The van der Waals surface area contributed by atoms with Gasteiger partial charge in [0.15, 0.2) is 0 Å². The van der Waals surface area contributed by atoms with Crippen molar-refractivity contribution >= 4 is 28.6 Å². The molecule has 0 radical (unpaired) electrons. The summed E-state index contributed by atoms with van der Waals surface area (Å²) < 4.78 is 2.02. The van der Waals surface area contributed by atoms with E-state index in [0.29, 0.717) is 11.5 Å². The van der Waals surface area contributed by atoms with Crippen molar-refractivity contribution in [2.45, 2.75) is 19.9 Å². The van der Waals surface area contributed by atoms with Gasteiger partial charge in [-0.15, -0.1) is 0 Å². The van der Waals surface area contributed by atoms with E-state index in [-0.39, 0.29) is 12.5 Å². The first kappa shape index (κ1) is 16.5. The molecule has 3 rings (SSSR count). The van der Waals surface area contributed by atoms with Crippen LogP contribution in [0.4, 0.5) is 11.6 Å². The minimum absolute atomic E-state index is 0.126. The minimum atomic E-state index is -0.169. The van der Waals surface area contributed by atoms with Gasteiger partial charge in [-0.05, 0) is 42.8 Å². The van der Waals surface area contributed by atoms with Gasteiger partial charge in [-0.25, -0.2) is 4.98 Å². The number of aryl methyl sites for hydroxylation is 1. The van der Waals surface area contributed by atoms with E-state index in [1.165, 1.54) is 0 Å². The molecule has 2 N–H and O–H groups in total. The fraction of sp³-hybridized carbons (Fsp3) is 0.211. The van der Waals surface area contributed by atoms with E-state index in [4.69, 9.17) is 5.26 Å². The Morgan fingerprint density at radius 1 is 1.20 bits per heavy atom. The Morgan fingerprint density at radius 2 is 1.96 bits per heavy atom. The SMILES string of the molecule is CCCn1c(NC(=O)CNc2ccc(C#N)cc2)nc2ccccc21. The van der Waals surface area contributed by atoms with Crippen molar-refractivity contribution in [3.05, 3.63) is 54.1 Å². The Morgan fingerprint density at radius 3 is 2.68 bits per heavy atom. The second-order valence-electron chi connectivity index (χ2n) is 5.67. The summed E-state index contributed by atoms with van der Waals surface area (Å²) in [6.07, 6.45) is 0.951. The topological polar surface area (TPSA) is 82.7 Å². The number of amides is 1. The number of hydrogen-bond acceptors (Lipinski definition) is 4. The number of benzene rings is 2. The summed E-state index contributed by atoms with van der Waals surface area (Å²) in [6, 6.07) is 16.9. The van der Waals surface area contributed by atoms with Gasteiger partial charge in [-0.2, -0.15) is 5.26 Å². The molecule has 25 heavy (non-hydrogen) atoms. The Hall–Kier alpha value is -3.33. The van der Waals surface area contributed by atoms with Crippen LogP contribution in [0.1, 0.15) is 18.9 Å². The van der Waals surface area contributed by atoms with Crippen molar-refractivity contribution in [1.29, 1.82) is 5.26 Å². The molecule has 0 saturated heterocycles. The van der Waals surface area contributed by atoms with E-state index in [9.17, 15) is 4.79 Å². The lowest BCUT2D eigenvalue weighted by atomic mass is 10.2. The van der Waals surface area contributed by atoms with Crippen molar-refractivity contribution in [1.82, 2.24) is 9.55 Å². The van der Waals surface area contributed by atoms with Crippen molar-refractivity contribution in [3.63, 3.8) is 0 Å². The van der Waals surface area contributed by atoms with E-state index < -0.39 is 0 Å². The maximum absolute atomic E-state index is 12.3. The van der Waals surface area contributed by atoms with Crippen molar-refractivity contribution in [3.8, 4) is 6.07 Å². The average molecular weight is 333 g/mol. The Labute approximate surface area is 146 Å². The maximum atomic E-state index is 12.3. The summed E-state index contributed by atoms with van der Waals surface area (Å²) in [5.41, 5.74) is 3.26. The Balaban J connectivity index is 1.69. The zero-order valence-corrected chi connectivity index (χ0v) is 14.0. The smallest absolute Gasteiger partial charge is 0.245 e. The molecule has 126 valence electrons. The summed E-state index contributed by atoms with van der Waals surface area (Å²) in [6.45, 7) is 3.01. The molecule has 0 spiro atoms. The number of aromatic nitrogens is 2. The number of imidazole rings is 1. The lowest BCUT2D eigenvalue weighted by Gasteiger charge is -2.10. The zero-order chi connectivity index (χ0) is 17.6. The number of rotatable bonds is 6. The second-order valence-corrected chi connectivity index (χ2v) is 5.67. The largest absolute Gasteiger partial charge is 0.376 e. The molecule has 0 unspecified atom stereocenters. The molecular formula is C19H19N5O. The standard InChI is InChI=1S/C19H19N5O/c1-2-11-24-17-6-4-3-5-16(17)22-19(24)23-18(25)13-21-15-9-7-14(12-20)8-10-15/h3-10,21H,2,11,13H2,1H3,(H,22,23,25). The molecule has 0 aliphatic carbocycles. The predicted octanol–water partition coefficient (Wildman–Crippen LogP) is 3.37. The second kappa shape index (κ2) is 7.49. The van der Waals surface area contributed by atoms with E-state index in [2.05, 4.69) is 28.6 Å². The van der Waals surface area contributed by atoms with Gasteiger partial charge < -0.3 is 9.88 Å². The number of nitrogens with zero attached hydrogens (tertiary/aromatic N) is 3. The van der Waals surface area contributed by atoms with Crippen LogP contribution in [0.3, 0.4) is 0 Å². The normalized spacial score (nSPS) is 10.4. The molecule has 1 amide bonds. The third kappa shape index (κ3) is 3.78. The summed E-state index contributed by atoms with van der Waals surface area (Å²) in [5.74, 6) is 0.395. The molecule has 0 bridgehead atoms. The van der Waals surface area contributed by atoms with Crippen LogP contribution >= 0.6 is 0 Å².